The molecule has 0 heterocycles. The van der Waals surface area contributed by atoms with Gasteiger partial charge in [-0.2, -0.15) is 0 Å². The largest absolute Gasteiger partial charge is 0.452 e. The number of carbonyl (C=O) groups is 2. The Kier molecular flexibility index (Phi) is 8.60. The lowest BCUT2D eigenvalue weighted by atomic mass is 10.1. The molecule has 0 aliphatic carbocycles. The molecule has 0 radical (unpaired) electrons. The molecule has 0 aliphatic rings. The number of anilines is 1. The third-order valence-electron chi connectivity index (χ3n) is 4.85. The van der Waals surface area contributed by atoms with Gasteiger partial charge in [-0.3, -0.25) is 9.10 Å². The van der Waals surface area contributed by atoms with Gasteiger partial charge in [-0.05, 0) is 57.5 Å². The molecular weight excluding hydrogens is 428 g/mol. The van der Waals surface area contributed by atoms with Crippen LogP contribution in [-0.4, -0.2) is 51.4 Å². The molecule has 0 fully saturated rings. The van der Waals surface area contributed by atoms with Crippen LogP contribution >= 0.6 is 0 Å². The molecule has 1 amide bonds. The van der Waals surface area contributed by atoms with Crippen LogP contribution in [0.25, 0.3) is 0 Å². The number of amides is 1. The predicted octanol–water partition coefficient (Wildman–Crippen LogP) is 3.79. The molecule has 8 heteroatoms. The first-order chi connectivity index (χ1) is 15.1. The van der Waals surface area contributed by atoms with E-state index >= 15 is 0 Å². The average molecular weight is 459 g/mol. The molecule has 2 rings (SSSR count). The van der Waals surface area contributed by atoms with Crippen molar-refractivity contribution in [1.29, 1.82) is 0 Å². The summed E-state index contributed by atoms with van der Waals surface area (Å²) in [6.07, 6.45) is 0. The molecule has 32 heavy (non-hydrogen) atoms. The summed E-state index contributed by atoms with van der Waals surface area (Å²) in [5, 5.41) is 0. The van der Waals surface area contributed by atoms with Crippen LogP contribution in [0.15, 0.2) is 65.6 Å². The van der Waals surface area contributed by atoms with Crippen molar-refractivity contribution in [3.63, 3.8) is 0 Å². The zero-order chi connectivity index (χ0) is 23.9. The molecule has 172 valence electrons. The van der Waals surface area contributed by atoms with Gasteiger partial charge in [0.25, 0.3) is 15.9 Å². The summed E-state index contributed by atoms with van der Waals surface area (Å²) in [5.41, 5.74) is 1.92. The van der Waals surface area contributed by atoms with Crippen molar-refractivity contribution in [3.8, 4) is 0 Å². The second-order valence-corrected chi connectivity index (χ2v) is 9.26. The first-order valence-corrected chi connectivity index (χ1v) is 11.8. The zero-order valence-electron chi connectivity index (χ0n) is 19.0. The van der Waals surface area contributed by atoms with E-state index in [0.717, 1.165) is 5.57 Å². The molecule has 0 aliphatic heterocycles. The summed E-state index contributed by atoms with van der Waals surface area (Å²) < 4.78 is 33.2. The summed E-state index contributed by atoms with van der Waals surface area (Å²) >= 11 is 0. The molecule has 0 aromatic heterocycles. The van der Waals surface area contributed by atoms with E-state index < -0.39 is 22.6 Å². The zero-order valence-corrected chi connectivity index (χ0v) is 19.8. The van der Waals surface area contributed by atoms with E-state index in [1.807, 2.05) is 19.9 Å². The van der Waals surface area contributed by atoms with Crippen LogP contribution < -0.4 is 4.31 Å². The van der Waals surface area contributed by atoms with Crippen LogP contribution in [0.2, 0.25) is 0 Å². The molecule has 0 saturated heterocycles. The Labute approximate surface area is 190 Å². The van der Waals surface area contributed by atoms with Crippen molar-refractivity contribution in [2.45, 2.75) is 32.6 Å². The van der Waals surface area contributed by atoms with Crippen molar-refractivity contribution in [2.24, 2.45) is 0 Å². The maximum Gasteiger partial charge on any atom is 0.338 e. The van der Waals surface area contributed by atoms with E-state index in [1.165, 1.54) is 21.3 Å². The van der Waals surface area contributed by atoms with Gasteiger partial charge in [0.2, 0.25) is 0 Å². The number of esters is 1. The third kappa shape index (κ3) is 5.97. The summed E-state index contributed by atoms with van der Waals surface area (Å²) in [4.78, 5) is 26.4. The van der Waals surface area contributed by atoms with Crippen LogP contribution in [0.3, 0.4) is 0 Å². The Bertz CT molecular complexity index is 1080. The highest BCUT2D eigenvalue weighted by molar-refractivity contribution is 7.92. The fourth-order valence-corrected chi connectivity index (χ4v) is 4.94. The van der Waals surface area contributed by atoms with Gasteiger partial charge in [0, 0.05) is 19.6 Å². The Balaban J connectivity index is 2.25. The fourth-order valence-electron chi connectivity index (χ4n) is 3.21. The molecule has 0 spiro atoms. The topological polar surface area (TPSA) is 84.0 Å². The van der Waals surface area contributed by atoms with Crippen LogP contribution in [0.1, 0.15) is 36.7 Å². The number of rotatable bonds is 10. The number of hydrogen-bond donors (Lipinski definition) is 0. The standard InChI is InChI=1S/C24H30N2O5S/c1-6-25(16-18(3)4)23(27)17-31-24(28)20-14-13-19(5)22(15-20)32(29,30)26(7-2)21-11-9-8-10-12-21/h8-15H,3,6-7,16-17H2,1-2,4-5H3. The number of benzene rings is 2. The first-order valence-electron chi connectivity index (χ1n) is 10.4. The summed E-state index contributed by atoms with van der Waals surface area (Å²) in [7, 11) is -3.91. The fraction of sp³-hybridized carbons (Fsp3) is 0.333. The Hall–Kier alpha value is -3.13. The van der Waals surface area contributed by atoms with Gasteiger partial charge in [-0.25, -0.2) is 13.2 Å². The molecule has 0 bridgehead atoms. The predicted molar refractivity (Wildman–Crippen MR) is 125 cm³/mol. The Morgan fingerprint density at radius 1 is 1.03 bits per heavy atom. The van der Waals surface area contributed by atoms with Gasteiger partial charge < -0.3 is 9.64 Å². The van der Waals surface area contributed by atoms with Crippen LogP contribution in [-0.2, 0) is 19.6 Å². The van der Waals surface area contributed by atoms with E-state index in [0.29, 0.717) is 24.3 Å². The Morgan fingerprint density at radius 2 is 1.69 bits per heavy atom. The minimum Gasteiger partial charge on any atom is -0.452 e. The number of para-hydroxylation sites is 1. The number of aryl methyl sites for hydroxylation is 1. The molecule has 0 unspecified atom stereocenters. The van der Waals surface area contributed by atoms with E-state index in [1.54, 1.807) is 44.2 Å². The average Bonchev–Trinajstić information content (AvgIpc) is 2.76. The molecule has 0 atom stereocenters. The molecule has 7 nitrogen and oxygen atoms in total. The van der Waals surface area contributed by atoms with Gasteiger partial charge >= 0.3 is 5.97 Å². The number of sulfonamides is 1. The van der Waals surface area contributed by atoms with E-state index in [4.69, 9.17) is 4.74 Å². The number of nitrogens with zero attached hydrogens (tertiary/aromatic N) is 2. The highest BCUT2D eigenvalue weighted by Crippen LogP contribution is 2.26. The van der Waals surface area contributed by atoms with Gasteiger partial charge in [0.05, 0.1) is 16.1 Å². The summed E-state index contributed by atoms with van der Waals surface area (Å²) in [6.45, 7) is 11.5. The number of likely N-dealkylation sites (N-methyl/N-ethyl adjacent to an activating group) is 1. The maximum atomic E-state index is 13.4. The summed E-state index contributed by atoms with van der Waals surface area (Å²) in [6, 6.07) is 13.1. The van der Waals surface area contributed by atoms with Gasteiger partial charge in [0.15, 0.2) is 6.61 Å². The van der Waals surface area contributed by atoms with E-state index in [2.05, 4.69) is 6.58 Å². The van der Waals surface area contributed by atoms with Crippen molar-refractivity contribution < 1.29 is 22.7 Å². The summed E-state index contributed by atoms with van der Waals surface area (Å²) in [5.74, 6) is -1.10. The van der Waals surface area contributed by atoms with E-state index in [9.17, 15) is 18.0 Å². The van der Waals surface area contributed by atoms with Crippen LogP contribution in [0, 0.1) is 6.92 Å². The third-order valence-corrected chi connectivity index (χ3v) is 6.89. The smallest absolute Gasteiger partial charge is 0.338 e. The van der Waals surface area contributed by atoms with Crippen molar-refractivity contribution in [1.82, 2.24) is 4.90 Å². The lowest BCUT2D eigenvalue weighted by Gasteiger charge is -2.24. The number of hydrogen-bond acceptors (Lipinski definition) is 5. The van der Waals surface area contributed by atoms with Crippen molar-refractivity contribution >= 4 is 27.6 Å². The second-order valence-electron chi connectivity index (χ2n) is 7.43. The second kappa shape index (κ2) is 10.9. The maximum absolute atomic E-state index is 13.4. The van der Waals surface area contributed by atoms with Crippen molar-refractivity contribution in [2.75, 3.05) is 30.5 Å². The first kappa shape index (κ1) is 25.1. The molecule has 0 N–H and O–H groups in total. The normalized spacial score (nSPS) is 11.0. The Morgan fingerprint density at radius 3 is 2.25 bits per heavy atom. The van der Waals surface area contributed by atoms with Crippen LogP contribution in [0.5, 0.6) is 0 Å². The van der Waals surface area contributed by atoms with Crippen molar-refractivity contribution in [3.05, 3.63) is 71.8 Å². The lowest BCUT2D eigenvalue weighted by molar-refractivity contribution is -0.133. The monoisotopic (exact) mass is 458 g/mol. The number of carbonyl (C=O) groups excluding carboxylic acids is 2. The van der Waals surface area contributed by atoms with Gasteiger partial charge in [0.1, 0.15) is 0 Å². The SMILES string of the molecule is C=C(C)CN(CC)C(=O)COC(=O)c1ccc(C)c(S(=O)(=O)N(CC)c2ccccc2)c1. The van der Waals surface area contributed by atoms with Crippen LogP contribution in [0.4, 0.5) is 5.69 Å². The van der Waals surface area contributed by atoms with Gasteiger partial charge in [-0.1, -0.05) is 36.4 Å². The number of ether oxygens (including phenoxy) is 1. The molecule has 2 aromatic carbocycles. The quantitative estimate of drug-likeness (QED) is 0.400. The lowest BCUT2D eigenvalue weighted by Crippen LogP contribution is -2.35. The highest BCUT2D eigenvalue weighted by Gasteiger charge is 2.27. The van der Waals surface area contributed by atoms with E-state index in [-0.39, 0.29) is 22.9 Å². The highest BCUT2D eigenvalue weighted by atomic mass is 32.2. The molecular formula is C24H30N2O5S. The molecule has 2 aromatic rings. The minimum absolute atomic E-state index is 0.0152. The van der Waals surface area contributed by atoms with Gasteiger partial charge in [-0.15, -0.1) is 0 Å². The molecule has 0 saturated carbocycles. The minimum atomic E-state index is -3.91.